The quantitative estimate of drug-likeness (QED) is 0.705. The average molecular weight is 215 g/mol. The molecule has 6 nitrogen and oxygen atoms in total. The standard InChI is InChI=1S/C7H9N3O3S/c1-13-6(11)2-3-8-7(12)5-4-14-10-9-5/h4H,2-3H2,1H3,(H,8,12). The van der Waals surface area contributed by atoms with Crippen molar-refractivity contribution in [1.29, 1.82) is 0 Å². The number of aromatic nitrogens is 2. The Hall–Kier alpha value is -1.50. The second-order valence-electron chi connectivity index (χ2n) is 2.37. The van der Waals surface area contributed by atoms with Crippen molar-refractivity contribution in [2.24, 2.45) is 0 Å². The highest BCUT2D eigenvalue weighted by Crippen LogP contribution is 1.96. The number of hydrogen-bond acceptors (Lipinski definition) is 6. The highest BCUT2D eigenvalue weighted by Gasteiger charge is 2.08. The summed E-state index contributed by atoms with van der Waals surface area (Å²) in [6.45, 7) is 0.239. The van der Waals surface area contributed by atoms with Crippen molar-refractivity contribution in [2.45, 2.75) is 6.42 Å². The van der Waals surface area contributed by atoms with Crippen molar-refractivity contribution >= 4 is 23.4 Å². The Morgan fingerprint density at radius 3 is 3.00 bits per heavy atom. The Labute approximate surface area is 84.4 Å². The third-order valence-corrected chi connectivity index (χ3v) is 1.94. The lowest BCUT2D eigenvalue weighted by Gasteiger charge is -2.00. The van der Waals surface area contributed by atoms with E-state index in [1.165, 1.54) is 12.5 Å². The van der Waals surface area contributed by atoms with Gasteiger partial charge in [-0.25, -0.2) is 0 Å². The maximum Gasteiger partial charge on any atom is 0.307 e. The van der Waals surface area contributed by atoms with Gasteiger partial charge in [0.2, 0.25) is 0 Å². The summed E-state index contributed by atoms with van der Waals surface area (Å²) < 4.78 is 7.95. The monoisotopic (exact) mass is 215 g/mol. The smallest absolute Gasteiger partial charge is 0.307 e. The van der Waals surface area contributed by atoms with Crippen LogP contribution in [0.4, 0.5) is 0 Å². The number of nitrogens with zero attached hydrogens (tertiary/aromatic N) is 2. The molecule has 0 radical (unpaired) electrons. The third-order valence-electron chi connectivity index (χ3n) is 1.44. The summed E-state index contributed by atoms with van der Waals surface area (Å²) in [4.78, 5) is 21.9. The van der Waals surface area contributed by atoms with Gasteiger partial charge in [-0.05, 0) is 11.5 Å². The molecule has 0 atom stereocenters. The van der Waals surface area contributed by atoms with E-state index in [2.05, 4.69) is 19.6 Å². The van der Waals surface area contributed by atoms with Gasteiger partial charge in [0.05, 0.1) is 13.5 Å². The van der Waals surface area contributed by atoms with Crippen LogP contribution in [0, 0.1) is 0 Å². The molecule has 0 bridgehead atoms. The topological polar surface area (TPSA) is 81.2 Å². The number of ether oxygens (including phenoxy) is 1. The van der Waals surface area contributed by atoms with Gasteiger partial charge >= 0.3 is 5.97 Å². The average Bonchev–Trinajstić information content (AvgIpc) is 2.70. The summed E-state index contributed by atoms with van der Waals surface area (Å²) in [5.41, 5.74) is 0.264. The molecule has 1 aromatic heterocycles. The van der Waals surface area contributed by atoms with Crippen LogP contribution in [0.5, 0.6) is 0 Å². The van der Waals surface area contributed by atoms with E-state index in [0.29, 0.717) is 0 Å². The van der Waals surface area contributed by atoms with Crippen molar-refractivity contribution in [3.8, 4) is 0 Å². The number of esters is 1. The predicted molar refractivity (Wildman–Crippen MR) is 48.9 cm³/mol. The molecule has 0 saturated carbocycles. The first-order chi connectivity index (χ1) is 6.74. The highest BCUT2D eigenvalue weighted by molar-refractivity contribution is 7.03. The Morgan fingerprint density at radius 1 is 1.64 bits per heavy atom. The maximum atomic E-state index is 11.2. The van der Waals surface area contributed by atoms with Gasteiger partial charge in [0.1, 0.15) is 0 Å². The van der Waals surface area contributed by atoms with E-state index in [-0.39, 0.29) is 30.5 Å². The largest absolute Gasteiger partial charge is 0.469 e. The molecule has 0 aliphatic carbocycles. The van der Waals surface area contributed by atoms with Gasteiger partial charge in [0, 0.05) is 11.9 Å². The van der Waals surface area contributed by atoms with E-state index >= 15 is 0 Å². The first kappa shape index (κ1) is 10.6. The number of methoxy groups -OCH3 is 1. The van der Waals surface area contributed by atoms with Crippen molar-refractivity contribution < 1.29 is 14.3 Å². The van der Waals surface area contributed by atoms with Gasteiger partial charge in [0.25, 0.3) is 5.91 Å². The zero-order chi connectivity index (χ0) is 10.4. The highest BCUT2D eigenvalue weighted by atomic mass is 32.1. The van der Waals surface area contributed by atoms with E-state index in [4.69, 9.17) is 0 Å². The van der Waals surface area contributed by atoms with Crippen LogP contribution in [0.2, 0.25) is 0 Å². The molecular weight excluding hydrogens is 206 g/mol. The van der Waals surface area contributed by atoms with Crippen LogP contribution in [0.3, 0.4) is 0 Å². The zero-order valence-electron chi connectivity index (χ0n) is 7.52. The fourth-order valence-electron chi connectivity index (χ4n) is 0.734. The van der Waals surface area contributed by atoms with Gasteiger partial charge in [-0.15, -0.1) is 5.10 Å². The second kappa shape index (κ2) is 5.28. The second-order valence-corrected chi connectivity index (χ2v) is 2.98. The van der Waals surface area contributed by atoms with Crippen LogP contribution in [0.1, 0.15) is 16.9 Å². The van der Waals surface area contributed by atoms with Crippen molar-refractivity contribution in [3.63, 3.8) is 0 Å². The Bertz CT molecular complexity index is 312. The van der Waals surface area contributed by atoms with Gasteiger partial charge in [-0.3, -0.25) is 9.59 Å². The van der Waals surface area contributed by atoms with Crippen LogP contribution in [0.15, 0.2) is 5.38 Å². The lowest BCUT2D eigenvalue weighted by molar-refractivity contribution is -0.140. The SMILES string of the molecule is COC(=O)CCNC(=O)c1csnn1. The normalized spacial score (nSPS) is 9.50. The minimum Gasteiger partial charge on any atom is -0.469 e. The Kier molecular flexibility index (Phi) is 3.99. The van der Waals surface area contributed by atoms with Crippen LogP contribution in [-0.2, 0) is 9.53 Å². The molecule has 0 aromatic carbocycles. The van der Waals surface area contributed by atoms with Crippen LogP contribution in [-0.4, -0.2) is 35.1 Å². The van der Waals surface area contributed by atoms with Gasteiger partial charge < -0.3 is 10.1 Å². The summed E-state index contributed by atoms with van der Waals surface area (Å²) in [5.74, 6) is -0.690. The maximum absolute atomic E-state index is 11.2. The summed E-state index contributed by atoms with van der Waals surface area (Å²) in [5, 5.41) is 7.62. The third kappa shape index (κ3) is 3.09. The van der Waals surface area contributed by atoms with E-state index in [1.807, 2.05) is 0 Å². The Morgan fingerprint density at radius 2 is 2.43 bits per heavy atom. The summed E-state index contributed by atoms with van der Waals surface area (Å²) >= 11 is 1.10. The molecule has 76 valence electrons. The van der Waals surface area contributed by atoms with Gasteiger partial charge in [-0.2, -0.15) is 0 Å². The van der Waals surface area contributed by atoms with E-state index in [1.54, 1.807) is 0 Å². The predicted octanol–water partition coefficient (Wildman–Crippen LogP) is -0.169. The molecule has 0 unspecified atom stereocenters. The van der Waals surface area contributed by atoms with E-state index in [0.717, 1.165) is 11.5 Å². The molecule has 0 saturated heterocycles. The van der Waals surface area contributed by atoms with E-state index in [9.17, 15) is 9.59 Å². The fraction of sp³-hybridized carbons (Fsp3) is 0.429. The van der Waals surface area contributed by atoms with Crippen molar-refractivity contribution in [2.75, 3.05) is 13.7 Å². The molecule has 0 aliphatic heterocycles. The number of rotatable bonds is 4. The number of carbonyl (C=O) groups is 2. The number of amides is 1. The molecule has 1 aromatic rings. The molecule has 0 fully saturated rings. The first-order valence-electron chi connectivity index (χ1n) is 3.86. The molecule has 0 spiro atoms. The van der Waals surface area contributed by atoms with E-state index < -0.39 is 0 Å². The minimum atomic E-state index is -0.360. The summed E-state index contributed by atoms with van der Waals surface area (Å²) in [7, 11) is 1.30. The van der Waals surface area contributed by atoms with Gasteiger partial charge in [0.15, 0.2) is 5.69 Å². The number of carbonyl (C=O) groups excluding carboxylic acids is 2. The lowest BCUT2D eigenvalue weighted by atomic mass is 10.4. The van der Waals surface area contributed by atoms with Gasteiger partial charge in [-0.1, -0.05) is 4.49 Å². The fourth-order valence-corrected chi connectivity index (χ4v) is 1.17. The molecule has 1 amide bonds. The van der Waals surface area contributed by atoms with Crippen molar-refractivity contribution in [1.82, 2.24) is 14.9 Å². The molecular formula is C7H9N3O3S. The molecule has 1 N–H and O–H groups in total. The minimum absolute atomic E-state index is 0.153. The van der Waals surface area contributed by atoms with Crippen LogP contribution < -0.4 is 5.32 Å². The molecule has 14 heavy (non-hydrogen) atoms. The number of hydrogen-bond donors (Lipinski definition) is 1. The summed E-state index contributed by atoms with van der Waals surface area (Å²) in [6.07, 6.45) is 0.153. The van der Waals surface area contributed by atoms with Crippen molar-refractivity contribution in [3.05, 3.63) is 11.1 Å². The summed E-state index contributed by atoms with van der Waals surface area (Å²) in [6, 6.07) is 0. The zero-order valence-corrected chi connectivity index (χ0v) is 8.34. The Balaban J connectivity index is 2.26. The number of nitrogens with one attached hydrogen (secondary N) is 1. The molecule has 1 rings (SSSR count). The van der Waals surface area contributed by atoms with Crippen LogP contribution in [0.25, 0.3) is 0 Å². The first-order valence-corrected chi connectivity index (χ1v) is 4.69. The lowest BCUT2D eigenvalue weighted by Crippen LogP contribution is -2.26. The van der Waals surface area contributed by atoms with Crippen LogP contribution >= 0.6 is 11.5 Å². The molecule has 7 heteroatoms. The molecule has 1 heterocycles. The molecule has 0 aliphatic rings.